The summed E-state index contributed by atoms with van der Waals surface area (Å²) >= 11 is 0. The molecule has 0 aliphatic rings. The molecule has 1 atom stereocenters. The van der Waals surface area contributed by atoms with E-state index in [1.807, 2.05) is 49.5 Å². The number of aromatic amines is 1. The molecule has 2 N–H and O–H groups in total. The Labute approximate surface area is 131 Å². The highest BCUT2D eigenvalue weighted by molar-refractivity contribution is 5.85. The monoisotopic (exact) mass is 318 g/mol. The van der Waals surface area contributed by atoms with E-state index in [1.54, 1.807) is 0 Å². The van der Waals surface area contributed by atoms with Crippen molar-refractivity contribution < 1.29 is 9.90 Å². The number of nitrogens with zero attached hydrogens (tertiary/aromatic N) is 1. The maximum atomic E-state index is 11.3. The number of para-hydroxylation sites is 1. The zero-order valence-corrected chi connectivity index (χ0v) is 13.1. The van der Waals surface area contributed by atoms with E-state index in [0.29, 0.717) is 13.0 Å². The van der Waals surface area contributed by atoms with E-state index in [1.165, 1.54) is 0 Å². The molecule has 0 saturated heterocycles. The van der Waals surface area contributed by atoms with Gasteiger partial charge < -0.3 is 15.0 Å². The van der Waals surface area contributed by atoms with Crippen LogP contribution in [0.5, 0.6) is 0 Å². The second-order valence-corrected chi connectivity index (χ2v) is 4.86. The van der Waals surface area contributed by atoms with E-state index in [-0.39, 0.29) is 30.7 Å². The summed E-state index contributed by atoms with van der Waals surface area (Å²) in [7, 11) is 3.79. The summed E-state index contributed by atoms with van der Waals surface area (Å²) in [4.78, 5) is 16.4. The molecular weight excluding hydrogens is 299 g/mol. The van der Waals surface area contributed by atoms with E-state index in [2.05, 4.69) is 4.98 Å². The van der Waals surface area contributed by atoms with Crippen molar-refractivity contribution in [2.75, 3.05) is 20.6 Å². The van der Waals surface area contributed by atoms with Crippen LogP contribution in [-0.2, 0) is 11.2 Å². The minimum atomic E-state index is -0.742. The molecule has 0 bridgehead atoms. The van der Waals surface area contributed by atoms with Crippen LogP contribution in [0.25, 0.3) is 10.9 Å². The van der Waals surface area contributed by atoms with E-state index >= 15 is 0 Å². The molecule has 0 amide bonds. The lowest BCUT2D eigenvalue weighted by Gasteiger charge is -2.16. The van der Waals surface area contributed by atoms with Crippen molar-refractivity contribution in [3.63, 3.8) is 0 Å². The largest absolute Gasteiger partial charge is 0.481 e. The first-order valence-corrected chi connectivity index (χ1v) is 6.00. The lowest BCUT2D eigenvalue weighted by atomic mass is 9.98. The molecule has 0 aliphatic heterocycles. The van der Waals surface area contributed by atoms with E-state index in [4.69, 9.17) is 0 Å². The summed E-state index contributed by atoms with van der Waals surface area (Å²) in [6.45, 7) is 0.550. The molecule has 2 aromatic rings. The molecular formula is C14H20Cl2N2O2. The molecule has 1 aromatic carbocycles. The van der Waals surface area contributed by atoms with E-state index in [9.17, 15) is 9.90 Å². The zero-order chi connectivity index (χ0) is 13.1. The van der Waals surface area contributed by atoms with Gasteiger partial charge in [-0.1, -0.05) is 18.2 Å². The summed E-state index contributed by atoms with van der Waals surface area (Å²) < 4.78 is 0. The molecule has 1 aromatic heterocycles. The minimum Gasteiger partial charge on any atom is -0.481 e. The lowest BCUT2D eigenvalue weighted by Crippen LogP contribution is -2.29. The highest BCUT2D eigenvalue weighted by Crippen LogP contribution is 2.21. The topological polar surface area (TPSA) is 56.3 Å². The second-order valence-electron chi connectivity index (χ2n) is 4.86. The Kier molecular flexibility index (Phi) is 7.64. The smallest absolute Gasteiger partial charge is 0.308 e. The molecule has 0 fully saturated rings. The molecule has 20 heavy (non-hydrogen) atoms. The molecule has 1 heterocycles. The number of carbonyl (C=O) groups is 1. The average Bonchev–Trinajstić information content (AvgIpc) is 2.71. The third kappa shape index (κ3) is 4.40. The number of aromatic nitrogens is 1. The van der Waals surface area contributed by atoms with Gasteiger partial charge in [-0.05, 0) is 32.1 Å². The van der Waals surface area contributed by atoms with Gasteiger partial charge in [0.05, 0.1) is 5.92 Å². The SMILES string of the molecule is CN(C)CC(Cc1c[nH]c2ccccc12)C(=O)O.Cl.Cl. The van der Waals surface area contributed by atoms with Gasteiger partial charge in [0.1, 0.15) is 0 Å². The van der Waals surface area contributed by atoms with Gasteiger partial charge in [0, 0.05) is 23.6 Å². The van der Waals surface area contributed by atoms with Crippen molar-refractivity contribution >= 4 is 41.7 Å². The number of rotatable bonds is 5. The van der Waals surface area contributed by atoms with E-state index < -0.39 is 5.97 Å². The molecule has 0 radical (unpaired) electrons. The minimum absolute atomic E-state index is 0. The average molecular weight is 319 g/mol. The summed E-state index contributed by atoms with van der Waals surface area (Å²) in [5, 5.41) is 10.4. The van der Waals surface area contributed by atoms with Gasteiger partial charge in [0.25, 0.3) is 0 Å². The predicted molar refractivity (Wildman–Crippen MR) is 86.2 cm³/mol. The number of H-pyrrole nitrogens is 1. The van der Waals surface area contributed by atoms with E-state index in [0.717, 1.165) is 16.5 Å². The van der Waals surface area contributed by atoms with Crippen LogP contribution >= 0.6 is 24.8 Å². The van der Waals surface area contributed by atoms with Gasteiger partial charge in [-0.2, -0.15) is 0 Å². The van der Waals surface area contributed by atoms with Crippen LogP contribution in [0.15, 0.2) is 30.5 Å². The molecule has 1 unspecified atom stereocenters. The van der Waals surface area contributed by atoms with Crippen LogP contribution < -0.4 is 0 Å². The Morgan fingerprint density at radius 3 is 2.55 bits per heavy atom. The number of nitrogens with one attached hydrogen (secondary N) is 1. The molecule has 0 aliphatic carbocycles. The van der Waals surface area contributed by atoms with Crippen molar-refractivity contribution in [1.29, 1.82) is 0 Å². The normalized spacial score (nSPS) is 11.8. The van der Waals surface area contributed by atoms with Crippen molar-refractivity contribution in [1.82, 2.24) is 9.88 Å². The number of carboxylic acids is 1. The van der Waals surface area contributed by atoms with Crippen LogP contribution in [0.3, 0.4) is 0 Å². The van der Waals surface area contributed by atoms with Gasteiger partial charge in [-0.15, -0.1) is 24.8 Å². The summed E-state index contributed by atoms with van der Waals surface area (Å²) in [6.07, 6.45) is 2.47. The highest BCUT2D eigenvalue weighted by atomic mass is 35.5. The number of hydrogen-bond donors (Lipinski definition) is 2. The first-order valence-electron chi connectivity index (χ1n) is 6.00. The van der Waals surface area contributed by atoms with Crippen LogP contribution in [0, 0.1) is 5.92 Å². The summed E-state index contributed by atoms with van der Waals surface area (Å²) in [5.41, 5.74) is 2.13. The van der Waals surface area contributed by atoms with Crippen LogP contribution in [0.2, 0.25) is 0 Å². The Hall–Kier alpha value is -1.23. The van der Waals surface area contributed by atoms with Gasteiger partial charge in [0.2, 0.25) is 0 Å². The van der Waals surface area contributed by atoms with Gasteiger partial charge >= 0.3 is 5.97 Å². The Morgan fingerprint density at radius 2 is 1.95 bits per heavy atom. The van der Waals surface area contributed by atoms with Gasteiger partial charge in [-0.25, -0.2) is 0 Å². The number of fused-ring (bicyclic) bond motifs is 1. The molecule has 2 rings (SSSR count). The van der Waals surface area contributed by atoms with Crippen LogP contribution in [0.1, 0.15) is 5.56 Å². The first-order chi connectivity index (χ1) is 8.58. The molecule has 4 nitrogen and oxygen atoms in total. The van der Waals surface area contributed by atoms with Gasteiger partial charge in [0.15, 0.2) is 0 Å². The quantitative estimate of drug-likeness (QED) is 0.891. The standard InChI is InChI=1S/C14H18N2O2.2ClH/c1-16(2)9-11(14(17)18)7-10-8-15-13-6-4-3-5-12(10)13;;/h3-6,8,11,15H,7,9H2,1-2H3,(H,17,18);2*1H. The van der Waals surface area contributed by atoms with Crippen molar-refractivity contribution in [2.24, 2.45) is 5.92 Å². The molecule has 112 valence electrons. The lowest BCUT2D eigenvalue weighted by molar-refractivity contribution is -0.142. The Bertz CT molecular complexity index is 555. The third-order valence-corrected chi connectivity index (χ3v) is 3.08. The number of carboxylic acid groups (broad SMARTS) is 1. The fourth-order valence-corrected chi connectivity index (χ4v) is 2.24. The number of benzene rings is 1. The van der Waals surface area contributed by atoms with Crippen molar-refractivity contribution in [2.45, 2.75) is 6.42 Å². The fourth-order valence-electron chi connectivity index (χ4n) is 2.24. The van der Waals surface area contributed by atoms with Crippen molar-refractivity contribution in [3.05, 3.63) is 36.0 Å². The molecule has 0 spiro atoms. The van der Waals surface area contributed by atoms with Crippen molar-refractivity contribution in [3.8, 4) is 0 Å². The Balaban J connectivity index is 0.00000180. The molecule has 6 heteroatoms. The zero-order valence-electron chi connectivity index (χ0n) is 11.5. The molecule has 0 saturated carbocycles. The summed E-state index contributed by atoms with van der Waals surface area (Å²) in [5.74, 6) is -1.12. The fraction of sp³-hybridized carbons (Fsp3) is 0.357. The third-order valence-electron chi connectivity index (χ3n) is 3.08. The second kappa shape index (κ2) is 8.15. The first kappa shape index (κ1) is 18.8. The summed E-state index contributed by atoms with van der Waals surface area (Å²) in [6, 6.07) is 7.97. The highest BCUT2D eigenvalue weighted by Gasteiger charge is 2.20. The number of hydrogen-bond acceptors (Lipinski definition) is 2. The van der Waals surface area contributed by atoms with Gasteiger partial charge in [-0.3, -0.25) is 4.79 Å². The van der Waals surface area contributed by atoms with Crippen LogP contribution in [-0.4, -0.2) is 41.6 Å². The maximum Gasteiger partial charge on any atom is 0.308 e. The van der Waals surface area contributed by atoms with Crippen LogP contribution in [0.4, 0.5) is 0 Å². The Morgan fingerprint density at radius 1 is 1.30 bits per heavy atom. The predicted octanol–water partition coefficient (Wildman–Crippen LogP) is 2.82. The maximum absolute atomic E-state index is 11.3. The number of halogens is 2. The number of aliphatic carboxylic acids is 1.